The summed E-state index contributed by atoms with van der Waals surface area (Å²) in [4.78, 5) is 20.4. The van der Waals surface area contributed by atoms with Gasteiger partial charge in [0.15, 0.2) is 0 Å². The molecule has 23 heavy (non-hydrogen) atoms. The molecule has 1 N–H and O–H groups in total. The molecule has 0 spiro atoms. The third kappa shape index (κ3) is 5.09. The Morgan fingerprint density at radius 3 is 2.22 bits per heavy atom. The number of nitro benzene ring substituents is 1. The van der Waals surface area contributed by atoms with Crippen LogP contribution in [-0.2, 0) is 10.0 Å². The first-order chi connectivity index (χ1) is 10.3. The van der Waals surface area contributed by atoms with Gasteiger partial charge < -0.3 is 9.90 Å². The average Bonchev–Trinajstić information content (AvgIpc) is 2.47. The van der Waals surface area contributed by atoms with Crippen LogP contribution in [0, 0.1) is 10.1 Å². The molecule has 0 aliphatic rings. The Morgan fingerprint density at radius 2 is 1.70 bits per heavy atom. The third-order valence-corrected chi connectivity index (χ3v) is 4.09. The normalized spacial score (nSPS) is 10.4. The maximum absolute atomic E-state index is 12.1. The molecule has 0 unspecified atom stereocenters. The molecule has 0 amide bonds. The number of hydrogen-bond donors (Lipinski definition) is 1. The zero-order chi connectivity index (χ0) is 16.3. The number of carboxylic acids is 1. The molecule has 0 aliphatic heterocycles. The van der Waals surface area contributed by atoms with Gasteiger partial charge in [-0.2, -0.15) is 0 Å². The Bertz CT molecular complexity index is 836. The first-order valence-electron chi connectivity index (χ1n) is 5.88. The van der Waals surface area contributed by atoms with Crippen molar-refractivity contribution in [3.8, 4) is 0 Å². The van der Waals surface area contributed by atoms with Gasteiger partial charge in [0.25, 0.3) is 15.7 Å². The van der Waals surface area contributed by atoms with E-state index in [0.717, 1.165) is 18.2 Å². The van der Waals surface area contributed by atoms with Crippen LogP contribution in [0.5, 0.6) is 0 Å². The number of nitrogens with zero attached hydrogens (tertiary/aromatic N) is 1. The van der Waals surface area contributed by atoms with Gasteiger partial charge >= 0.3 is 0 Å². The summed E-state index contributed by atoms with van der Waals surface area (Å²) in [6, 6.07) is 9.43. The van der Waals surface area contributed by atoms with E-state index in [4.69, 9.17) is 0 Å². The molecule has 10 heteroatoms. The van der Waals surface area contributed by atoms with E-state index in [2.05, 4.69) is 4.72 Å². The quantitative estimate of drug-likeness (QED) is 0.466. The summed E-state index contributed by atoms with van der Waals surface area (Å²) in [5, 5.41) is 21.3. The summed E-state index contributed by atoms with van der Waals surface area (Å²) in [5.41, 5.74) is -0.335. The number of rotatable bonds is 5. The van der Waals surface area contributed by atoms with Gasteiger partial charge in [-0.3, -0.25) is 14.8 Å². The van der Waals surface area contributed by atoms with E-state index in [1.807, 2.05) is 0 Å². The molecule has 0 atom stereocenters. The number of nitro groups is 1. The minimum Gasteiger partial charge on any atom is -0.545 e. The monoisotopic (exact) mass is 360 g/mol. The zero-order valence-electron chi connectivity index (χ0n) is 11.9. The molecule has 0 aliphatic carbocycles. The van der Waals surface area contributed by atoms with Gasteiger partial charge in [-0.05, 0) is 29.8 Å². The fourth-order valence-corrected chi connectivity index (χ4v) is 2.76. The number of sulfonamides is 1. The van der Waals surface area contributed by atoms with Crippen molar-refractivity contribution in [2.24, 2.45) is 0 Å². The number of anilines is 1. The van der Waals surface area contributed by atoms with Crippen molar-refractivity contribution in [1.82, 2.24) is 0 Å². The van der Waals surface area contributed by atoms with Crippen molar-refractivity contribution in [3.05, 3.63) is 64.2 Å². The van der Waals surface area contributed by atoms with E-state index >= 15 is 0 Å². The Kier molecular flexibility index (Phi) is 6.86. The molecular formula is C13H9KN2O6S-. The van der Waals surface area contributed by atoms with E-state index in [0.29, 0.717) is 0 Å². The predicted octanol–water partition coefficient (Wildman–Crippen LogP) is 0.378. The van der Waals surface area contributed by atoms with E-state index in [-0.39, 0.29) is 73.2 Å². The molecule has 2 aromatic carbocycles. The zero-order valence-corrected chi connectivity index (χ0v) is 15.9. The summed E-state index contributed by atoms with van der Waals surface area (Å²) in [7, 11) is -4.01. The topological polar surface area (TPSA) is 129 Å². The number of carbonyl (C=O) groups excluding carboxylic acids is 1. The molecule has 115 valence electrons. The average molecular weight is 360 g/mol. The predicted molar refractivity (Wildman–Crippen MR) is 80.4 cm³/mol. The van der Waals surface area contributed by atoms with Crippen LogP contribution < -0.4 is 9.83 Å². The smallest absolute Gasteiger partial charge is 0.269 e. The van der Waals surface area contributed by atoms with E-state index in [9.17, 15) is 28.4 Å². The first kappa shape index (κ1) is 19.7. The number of carboxylic acid groups (broad SMARTS) is 1. The van der Waals surface area contributed by atoms with Crippen molar-refractivity contribution in [1.29, 1.82) is 0 Å². The van der Waals surface area contributed by atoms with E-state index in [1.165, 1.54) is 30.3 Å². The van der Waals surface area contributed by atoms with Gasteiger partial charge in [0.1, 0.15) is 0 Å². The molecule has 8 nitrogen and oxygen atoms in total. The third-order valence-electron chi connectivity index (χ3n) is 2.71. The minimum atomic E-state index is -4.01. The van der Waals surface area contributed by atoms with Crippen LogP contribution in [0.2, 0.25) is 0 Å². The van der Waals surface area contributed by atoms with Crippen LogP contribution in [0.3, 0.4) is 0 Å². The van der Waals surface area contributed by atoms with E-state index < -0.39 is 20.9 Å². The van der Waals surface area contributed by atoms with Gasteiger partial charge in [-0.1, -0.05) is 12.1 Å². The van der Waals surface area contributed by atoms with Crippen molar-refractivity contribution in [2.75, 3.05) is 4.72 Å². The second-order valence-electron chi connectivity index (χ2n) is 4.22. The fourth-order valence-electron chi connectivity index (χ4n) is 1.66. The number of non-ortho nitro benzene ring substituents is 1. The molecule has 2 aromatic rings. The Labute approximate surface area is 174 Å². The molecule has 1 radical (unpaired) electrons. The molecule has 0 saturated carbocycles. The van der Waals surface area contributed by atoms with Crippen LogP contribution in [0.4, 0.5) is 11.4 Å². The Balaban J connectivity index is 0.00000264. The number of nitrogens with one attached hydrogen (secondary N) is 1. The minimum absolute atomic E-state index is 0. The number of aromatic carboxylic acids is 1. The van der Waals surface area contributed by atoms with Crippen LogP contribution in [0.25, 0.3) is 0 Å². The molecule has 0 saturated heterocycles. The second kappa shape index (κ2) is 7.99. The van der Waals surface area contributed by atoms with Crippen LogP contribution >= 0.6 is 0 Å². The van der Waals surface area contributed by atoms with Gasteiger partial charge in [-0.15, -0.1) is 0 Å². The fraction of sp³-hybridized carbons (Fsp3) is 0. The van der Waals surface area contributed by atoms with E-state index in [1.54, 1.807) is 0 Å². The maximum atomic E-state index is 12.1. The summed E-state index contributed by atoms with van der Waals surface area (Å²) < 4.78 is 26.5. The van der Waals surface area contributed by atoms with Gasteiger partial charge in [-0.25, -0.2) is 8.42 Å². The van der Waals surface area contributed by atoms with Crippen LogP contribution in [-0.4, -0.2) is 70.7 Å². The summed E-state index contributed by atoms with van der Waals surface area (Å²) in [5.74, 6) is -1.49. The molecule has 0 aromatic heterocycles. The van der Waals surface area contributed by atoms with Gasteiger partial charge in [0, 0.05) is 69.2 Å². The first-order valence-corrected chi connectivity index (χ1v) is 7.36. The Morgan fingerprint density at radius 1 is 1.09 bits per heavy atom. The standard InChI is InChI=1S/C13H10N2O6S.K/c16-13(17)9-2-1-3-12(8-9)22(20,21)14-10-4-6-11(7-5-10)15(18)19;/h1-8,14H,(H,16,17);/p-1. The summed E-state index contributed by atoms with van der Waals surface area (Å²) in [6.07, 6.45) is 0. The van der Waals surface area contributed by atoms with Crippen molar-refractivity contribution in [2.45, 2.75) is 4.90 Å². The molecule has 0 heterocycles. The van der Waals surface area contributed by atoms with Crippen LogP contribution in [0.15, 0.2) is 53.4 Å². The Hall–Kier alpha value is -1.30. The molecule has 2 rings (SSSR count). The van der Waals surface area contributed by atoms with Crippen molar-refractivity contribution in [3.63, 3.8) is 0 Å². The number of hydrogen-bond acceptors (Lipinski definition) is 6. The summed E-state index contributed by atoms with van der Waals surface area (Å²) in [6.45, 7) is 0. The SMILES string of the molecule is O=C([O-])c1cccc(S(=O)(=O)Nc2ccc([N+](=O)[O-])cc2)c1.[K]. The molecular weight excluding hydrogens is 351 g/mol. The van der Waals surface area contributed by atoms with Crippen molar-refractivity contribution < 1.29 is 23.2 Å². The second-order valence-corrected chi connectivity index (χ2v) is 5.91. The molecule has 0 fully saturated rings. The molecule has 0 bridgehead atoms. The number of benzene rings is 2. The largest absolute Gasteiger partial charge is 0.545 e. The van der Waals surface area contributed by atoms with Crippen LogP contribution in [0.1, 0.15) is 10.4 Å². The maximum Gasteiger partial charge on any atom is 0.269 e. The summed E-state index contributed by atoms with van der Waals surface area (Å²) >= 11 is 0. The van der Waals surface area contributed by atoms with Gasteiger partial charge in [0.05, 0.1) is 15.8 Å². The number of carbonyl (C=O) groups is 1. The van der Waals surface area contributed by atoms with Crippen molar-refractivity contribution >= 4 is 78.8 Å². The van der Waals surface area contributed by atoms with Gasteiger partial charge in [0.2, 0.25) is 0 Å².